The SMILES string of the molecule is Cc1ccc(NC(=O)[C@H](C)OC(=O)CCc2ccc(F)cc2)cc1F. The molecule has 0 spiro atoms. The molecule has 0 fully saturated rings. The third-order valence-corrected chi connectivity index (χ3v) is 3.65. The molecule has 1 atom stereocenters. The van der Waals surface area contributed by atoms with Crippen LogP contribution in [0.15, 0.2) is 42.5 Å². The van der Waals surface area contributed by atoms with Crippen LogP contribution in [0.3, 0.4) is 0 Å². The van der Waals surface area contributed by atoms with Gasteiger partial charge in [0.2, 0.25) is 0 Å². The van der Waals surface area contributed by atoms with Crippen molar-refractivity contribution in [3.8, 4) is 0 Å². The van der Waals surface area contributed by atoms with Gasteiger partial charge in [-0.25, -0.2) is 8.78 Å². The molecule has 1 amide bonds. The first-order chi connectivity index (χ1) is 11.8. The molecule has 0 aliphatic carbocycles. The molecule has 0 unspecified atom stereocenters. The lowest BCUT2D eigenvalue weighted by Crippen LogP contribution is -2.30. The van der Waals surface area contributed by atoms with E-state index in [1.54, 1.807) is 31.2 Å². The van der Waals surface area contributed by atoms with E-state index in [4.69, 9.17) is 4.74 Å². The lowest BCUT2D eigenvalue weighted by Gasteiger charge is -2.14. The highest BCUT2D eigenvalue weighted by Crippen LogP contribution is 2.14. The molecule has 4 nitrogen and oxygen atoms in total. The number of nitrogens with one attached hydrogen (secondary N) is 1. The van der Waals surface area contributed by atoms with Gasteiger partial charge in [0.15, 0.2) is 6.10 Å². The summed E-state index contributed by atoms with van der Waals surface area (Å²) in [5.74, 6) is -1.86. The maximum atomic E-state index is 13.5. The Hall–Kier alpha value is -2.76. The van der Waals surface area contributed by atoms with Gasteiger partial charge in [-0.15, -0.1) is 0 Å². The zero-order chi connectivity index (χ0) is 18.4. The molecular formula is C19H19F2NO3. The first kappa shape index (κ1) is 18.6. The Morgan fingerprint density at radius 2 is 1.80 bits per heavy atom. The van der Waals surface area contributed by atoms with Gasteiger partial charge in [0.05, 0.1) is 0 Å². The Balaban J connectivity index is 1.82. The van der Waals surface area contributed by atoms with E-state index in [0.717, 1.165) is 5.56 Å². The molecule has 2 aromatic carbocycles. The third kappa shape index (κ3) is 5.67. The van der Waals surface area contributed by atoms with E-state index < -0.39 is 23.8 Å². The molecule has 1 N–H and O–H groups in total. The Kier molecular flexibility index (Phi) is 6.22. The summed E-state index contributed by atoms with van der Waals surface area (Å²) in [5.41, 5.74) is 1.56. The molecule has 0 aliphatic rings. The number of ether oxygens (including phenoxy) is 1. The van der Waals surface area contributed by atoms with Crippen LogP contribution in [0.1, 0.15) is 24.5 Å². The van der Waals surface area contributed by atoms with E-state index in [9.17, 15) is 18.4 Å². The fourth-order valence-electron chi connectivity index (χ4n) is 2.12. The van der Waals surface area contributed by atoms with Crippen molar-refractivity contribution >= 4 is 17.6 Å². The van der Waals surface area contributed by atoms with Gasteiger partial charge in [0, 0.05) is 12.1 Å². The Bertz CT molecular complexity index is 760. The minimum absolute atomic E-state index is 0.0718. The van der Waals surface area contributed by atoms with Crippen molar-refractivity contribution in [3.05, 3.63) is 65.2 Å². The van der Waals surface area contributed by atoms with Crippen molar-refractivity contribution in [2.75, 3.05) is 5.32 Å². The van der Waals surface area contributed by atoms with Crippen LogP contribution in [-0.2, 0) is 20.7 Å². The number of amides is 1. The highest BCUT2D eigenvalue weighted by molar-refractivity contribution is 5.95. The number of carbonyl (C=O) groups excluding carboxylic acids is 2. The molecule has 132 valence electrons. The topological polar surface area (TPSA) is 55.4 Å². The van der Waals surface area contributed by atoms with Crippen molar-refractivity contribution < 1.29 is 23.1 Å². The van der Waals surface area contributed by atoms with Gasteiger partial charge in [-0.2, -0.15) is 0 Å². The van der Waals surface area contributed by atoms with Crippen LogP contribution in [0.4, 0.5) is 14.5 Å². The predicted octanol–water partition coefficient (Wildman–Crippen LogP) is 3.78. The molecule has 2 rings (SSSR count). The van der Waals surface area contributed by atoms with Crippen LogP contribution >= 0.6 is 0 Å². The van der Waals surface area contributed by atoms with Crippen molar-refractivity contribution in [3.63, 3.8) is 0 Å². The standard InChI is InChI=1S/C19H19F2NO3/c1-12-3-9-16(11-17(12)21)22-19(24)13(2)25-18(23)10-6-14-4-7-15(20)8-5-14/h3-5,7-9,11,13H,6,10H2,1-2H3,(H,22,24)/t13-/m0/s1. The molecule has 25 heavy (non-hydrogen) atoms. The van der Waals surface area contributed by atoms with E-state index in [1.165, 1.54) is 25.1 Å². The lowest BCUT2D eigenvalue weighted by atomic mass is 10.1. The van der Waals surface area contributed by atoms with Gasteiger partial charge in [0.25, 0.3) is 5.91 Å². The van der Waals surface area contributed by atoms with Gasteiger partial charge in [0.1, 0.15) is 11.6 Å². The largest absolute Gasteiger partial charge is 0.453 e. The van der Waals surface area contributed by atoms with Crippen molar-refractivity contribution in [1.82, 2.24) is 0 Å². The number of esters is 1. The number of rotatable bonds is 6. The second-order valence-corrected chi connectivity index (χ2v) is 5.71. The molecule has 0 aliphatic heterocycles. The van der Waals surface area contributed by atoms with Gasteiger partial charge in [-0.3, -0.25) is 9.59 Å². The molecular weight excluding hydrogens is 328 g/mol. The minimum Gasteiger partial charge on any atom is -0.453 e. The molecule has 0 saturated carbocycles. The van der Waals surface area contributed by atoms with E-state index >= 15 is 0 Å². The molecule has 2 aromatic rings. The quantitative estimate of drug-likeness (QED) is 0.809. The summed E-state index contributed by atoms with van der Waals surface area (Å²) in [6.45, 7) is 3.06. The maximum Gasteiger partial charge on any atom is 0.306 e. The van der Waals surface area contributed by atoms with Gasteiger partial charge in [-0.1, -0.05) is 18.2 Å². The lowest BCUT2D eigenvalue weighted by molar-refractivity contribution is -0.153. The van der Waals surface area contributed by atoms with E-state index in [0.29, 0.717) is 17.7 Å². The van der Waals surface area contributed by atoms with E-state index in [-0.39, 0.29) is 12.2 Å². The fraction of sp³-hybridized carbons (Fsp3) is 0.263. The monoisotopic (exact) mass is 347 g/mol. The van der Waals surface area contributed by atoms with E-state index in [1.807, 2.05) is 0 Å². The van der Waals surface area contributed by atoms with Crippen LogP contribution < -0.4 is 5.32 Å². The smallest absolute Gasteiger partial charge is 0.306 e. The number of benzene rings is 2. The summed E-state index contributed by atoms with van der Waals surface area (Å²) in [5, 5.41) is 2.50. The molecule has 0 bridgehead atoms. The average molecular weight is 347 g/mol. The maximum absolute atomic E-state index is 13.5. The minimum atomic E-state index is -1.01. The fourth-order valence-corrected chi connectivity index (χ4v) is 2.12. The second-order valence-electron chi connectivity index (χ2n) is 5.71. The molecule has 0 radical (unpaired) electrons. The zero-order valence-corrected chi connectivity index (χ0v) is 14.0. The Labute approximate surface area is 144 Å². The van der Waals surface area contributed by atoms with Crippen LogP contribution in [0.25, 0.3) is 0 Å². The average Bonchev–Trinajstić information content (AvgIpc) is 2.57. The third-order valence-electron chi connectivity index (χ3n) is 3.65. The van der Waals surface area contributed by atoms with Crippen molar-refractivity contribution in [2.45, 2.75) is 32.8 Å². The number of aryl methyl sites for hydroxylation is 2. The summed E-state index contributed by atoms with van der Waals surface area (Å²) in [6.07, 6.45) is -0.552. The summed E-state index contributed by atoms with van der Waals surface area (Å²) < 4.78 is 31.3. The van der Waals surface area contributed by atoms with Gasteiger partial charge < -0.3 is 10.1 Å². The number of carbonyl (C=O) groups is 2. The molecule has 0 heterocycles. The molecule has 0 saturated heterocycles. The Morgan fingerprint density at radius 3 is 2.44 bits per heavy atom. The summed E-state index contributed by atoms with van der Waals surface area (Å²) in [7, 11) is 0. The normalized spacial score (nSPS) is 11.7. The number of halogens is 2. The van der Waals surface area contributed by atoms with Crippen LogP contribution in [0, 0.1) is 18.6 Å². The van der Waals surface area contributed by atoms with Crippen molar-refractivity contribution in [2.24, 2.45) is 0 Å². The van der Waals surface area contributed by atoms with Gasteiger partial charge in [-0.05, 0) is 55.7 Å². The van der Waals surface area contributed by atoms with E-state index in [2.05, 4.69) is 5.32 Å². The van der Waals surface area contributed by atoms with Crippen molar-refractivity contribution in [1.29, 1.82) is 0 Å². The number of hydrogen-bond acceptors (Lipinski definition) is 3. The first-order valence-corrected chi connectivity index (χ1v) is 7.86. The summed E-state index contributed by atoms with van der Waals surface area (Å²) in [4.78, 5) is 23.8. The van der Waals surface area contributed by atoms with Gasteiger partial charge >= 0.3 is 5.97 Å². The van der Waals surface area contributed by atoms with Crippen LogP contribution in [0.2, 0.25) is 0 Å². The first-order valence-electron chi connectivity index (χ1n) is 7.86. The molecule has 6 heteroatoms. The predicted molar refractivity (Wildman–Crippen MR) is 90.0 cm³/mol. The number of anilines is 1. The zero-order valence-electron chi connectivity index (χ0n) is 14.0. The number of hydrogen-bond donors (Lipinski definition) is 1. The second kappa shape index (κ2) is 8.37. The van der Waals surface area contributed by atoms with Crippen LogP contribution in [0.5, 0.6) is 0 Å². The molecule has 0 aromatic heterocycles. The Morgan fingerprint density at radius 1 is 1.12 bits per heavy atom. The van der Waals surface area contributed by atoms with Crippen LogP contribution in [-0.4, -0.2) is 18.0 Å². The highest BCUT2D eigenvalue weighted by Gasteiger charge is 2.18. The summed E-state index contributed by atoms with van der Waals surface area (Å²) in [6, 6.07) is 10.1. The summed E-state index contributed by atoms with van der Waals surface area (Å²) >= 11 is 0. The highest BCUT2D eigenvalue weighted by atomic mass is 19.1.